The van der Waals surface area contributed by atoms with Gasteiger partial charge in [-0.3, -0.25) is 0 Å². The van der Waals surface area contributed by atoms with Crippen LogP contribution in [0.1, 0.15) is 35.1 Å². The minimum absolute atomic E-state index is 0.00175. The fraction of sp³-hybridized carbons (Fsp3) is 0.208. The highest BCUT2D eigenvalue weighted by atomic mass is 16.5. The molecule has 0 saturated heterocycles. The molecule has 1 aliphatic rings. The van der Waals surface area contributed by atoms with Gasteiger partial charge in [-0.15, -0.1) is 0 Å². The molecule has 1 amide bonds. The number of nitrogens with one attached hydrogen (secondary N) is 1. The fourth-order valence-electron chi connectivity index (χ4n) is 3.94. The maximum atomic E-state index is 12.5. The zero-order chi connectivity index (χ0) is 20.2. The summed E-state index contributed by atoms with van der Waals surface area (Å²) in [5.41, 5.74) is 5.47. The molecule has 3 aromatic carbocycles. The van der Waals surface area contributed by atoms with Crippen molar-refractivity contribution in [2.45, 2.75) is 18.4 Å². The van der Waals surface area contributed by atoms with E-state index in [0.29, 0.717) is 6.42 Å². The van der Waals surface area contributed by atoms with E-state index in [2.05, 4.69) is 29.6 Å². The number of carbonyl (C=O) groups excluding carboxylic acids is 1. The SMILES string of the molecule is O=C(NC(CCO)c1ccc(O)cc1)OCC1c2ccccc2-c2ccccc21. The Morgan fingerprint density at radius 1 is 0.931 bits per heavy atom. The molecule has 148 valence electrons. The Balaban J connectivity index is 1.46. The molecule has 5 nitrogen and oxygen atoms in total. The van der Waals surface area contributed by atoms with E-state index < -0.39 is 12.1 Å². The molecule has 0 fully saturated rings. The van der Waals surface area contributed by atoms with Gasteiger partial charge < -0.3 is 20.3 Å². The van der Waals surface area contributed by atoms with E-state index in [4.69, 9.17) is 4.74 Å². The molecule has 1 aliphatic carbocycles. The highest BCUT2D eigenvalue weighted by Crippen LogP contribution is 2.44. The molecule has 0 aromatic heterocycles. The van der Waals surface area contributed by atoms with E-state index in [1.165, 1.54) is 11.1 Å². The summed E-state index contributed by atoms with van der Waals surface area (Å²) in [7, 11) is 0. The van der Waals surface area contributed by atoms with Gasteiger partial charge in [0.25, 0.3) is 0 Å². The molecule has 1 unspecified atom stereocenters. The van der Waals surface area contributed by atoms with Gasteiger partial charge in [0.15, 0.2) is 0 Å². The lowest BCUT2D eigenvalue weighted by molar-refractivity contribution is 0.136. The van der Waals surface area contributed by atoms with E-state index in [1.807, 2.05) is 24.3 Å². The van der Waals surface area contributed by atoms with Gasteiger partial charge in [0.1, 0.15) is 12.4 Å². The predicted octanol–water partition coefficient (Wildman–Crippen LogP) is 4.35. The molecular weight excluding hydrogens is 366 g/mol. The van der Waals surface area contributed by atoms with E-state index in [0.717, 1.165) is 16.7 Å². The highest BCUT2D eigenvalue weighted by molar-refractivity contribution is 5.79. The Labute approximate surface area is 169 Å². The fourth-order valence-corrected chi connectivity index (χ4v) is 3.94. The Kier molecular flexibility index (Phi) is 5.49. The van der Waals surface area contributed by atoms with Crippen molar-refractivity contribution in [3.8, 4) is 16.9 Å². The van der Waals surface area contributed by atoms with Crippen LogP contribution in [0, 0.1) is 0 Å². The second-order valence-corrected chi connectivity index (χ2v) is 7.13. The number of aliphatic hydroxyl groups excluding tert-OH is 1. The van der Waals surface area contributed by atoms with Crippen LogP contribution in [-0.2, 0) is 4.74 Å². The molecular formula is C24H23NO4. The molecule has 0 saturated carbocycles. The van der Waals surface area contributed by atoms with Crippen LogP contribution in [0.25, 0.3) is 11.1 Å². The summed E-state index contributed by atoms with van der Waals surface area (Å²) in [6, 6.07) is 22.5. The first-order chi connectivity index (χ1) is 14.2. The topological polar surface area (TPSA) is 78.8 Å². The minimum atomic E-state index is -0.529. The lowest BCUT2D eigenvalue weighted by atomic mass is 9.98. The van der Waals surface area contributed by atoms with Gasteiger partial charge in [-0.2, -0.15) is 0 Å². The van der Waals surface area contributed by atoms with Gasteiger partial charge in [0.05, 0.1) is 6.04 Å². The van der Waals surface area contributed by atoms with Crippen molar-refractivity contribution < 1.29 is 19.7 Å². The van der Waals surface area contributed by atoms with Crippen molar-refractivity contribution >= 4 is 6.09 Å². The molecule has 0 bridgehead atoms. The van der Waals surface area contributed by atoms with E-state index in [9.17, 15) is 15.0 Å². The lowest BCUT2D eigenvalue weighted by Crippen LogP contribution is -2.30. The highest BCUT2D eigenvalue weighted by Gasteiger charge is 2.29. The number of fused-ring (bicyclic) bond motifs is 3. The zero-order valence-corrected chi connectivity index (χ0v) is 15.9. The number of rotatable bonds is 6. The molecule has 0 radical (unpaired) electrons. The van der Waals surface area contributed by atoms with Gasteiger partial charge >= 0.3 is 6.09 Å². The maximum Gasteiger partial charge on any atom is 0.407 e. The molecule has 3 N–H and O–H groups in total. The van der Waals surface area contributed by atoms with Crippen LogP contribution >= 0.6 is 0 Å². The standard InChI is InChI=1S/C24H23NO4/c26-14-13-23(16-9-11-17(27)12-10-16)25-24(28)29-15-22-20-7-3-1-5-18(20)19-6-2-4-8-21(19)22/h1-12,22-23,26-27H,13-15H2,(H,25,28). The van der Waals surface area contributed by atoms with Crippen molar-refractivity contribution in [3.63, 3.8) is 0 Å². The summed E-state index contributed by atoms with van der Waals surface area (Å²) in [6.45, 7) is 0.163. The Morgan fingerprint density at radius 3 is 2.10 bits per heavy atom. The van der Waals surface area contributed by atoms with Crippen molar-refractivity contribution in [2.24, 2.45) is 0 Å². The number of aliphatic hydroxyl groups is 1. The first-order valence-electron chi connectivity index (χ1n) is 9.68. The first kappa shape index (κ1) is 19.0. The number of ether oxygens (including phenoxy) is 1. The second-order valence-electron chi connectivity index (χ2n) is 7.13. The maximum absolute atomic E-state index is 12.5. The van der Waals surface area contributed by atoms with E-state index >= 15 is 0 Å². The third-order valence-electron chi connectivity index (χ3n) is 5.35. The van der Waals surface area contributed by atoms with Crippen LogP contribution in [0.5, 0.6) is 5.75 Å². The number of phenols is 1. The number of carbonyl (C=O) groups is 1. The average molecular weight is 389 g/mol. The van der Waals surface area contributed by atoms with Gasteiger partial charge in [-0.1, -0.05) is 60.7 Å². The third kappa shape index (κ3) is 3.96. The molecule has 3 aromatic rings. The number of amides is 1. The minimum Gasteiger partial charge on any atom is -0.508 e. The molecule has 5 heteroatoms. The summed E-state index contributed by atoms with van der Waals surface area (Å²) in [5, 5.41) is 21.6. The van der Waals surface area contributed by atoms with Crippen molar-refractivity contribution in [3.05, 3.63) is 89.5 Å². The second kappa shape index (κ2) is 8.37. The van der Waals surface area contributed by atoms with Crippen LogP contribution in [0.4, 0.5) is 4.79 Å². The van der Waals surface area contributed by atoms with Crippen LogP contribution in [0.2, 0.25) is 0 Å². The molecule has 0 aliphatic heterocycles. The number of hydrogen-bond donors (Lipinski definition) is 3. The molecule has 4 rings (SSSR count). The van der Waals surface area contributed by atoms with Crippen LogP contribution in [0.15, 0.2) is 72.8 Å². The van der Waals surface area contributed by atoms with Crippen molar-refractivity contribution in [2.75, 3.05) is 13.2 Å². The summed E-state index contributed by atoms with van der Waals surface area (Å²) in [5.74, 6) is 0.149. The quantitative estimate of drug-likeness (QED) is 0.585. The summed E-state index contributed by atoms with van der Waals surface area (Å²) >= 11 is 0. The Bertz CT molecular complexity index is 954. The van der Waals surface area contributed by atoms with Gasteiger partial charge in [0, 0.05) is 12.5 Å². The summed E-state index contributed by atoms with van der Waals surface area (Å²) < 4.78 is 5.58. The van der Waals surface area contributed by atoms with E-state index in [-0.39, 0.29) is 24.9 Å². The van der Waals surface area contributed by atoms with Crippen LogP contribution in [-0.4, -0.2) is 29.5 Å². The van der Waals surface area contributed by atoms with Gasteiger partial charge in [0.2, 0.25) is 0 Å². The smallest absolute Gasteiger partial charge is 0.407 e. The lowest BCUT2D eigenvalue weighted by Gasteiger charge is -2.20. The number of hydrogen-bond acceptors (Lipinski definition) is 4. The third-order valence-corrected chi connectivity index (χ3v) is 5.35. The zero-order valence-electron chi connectivity index (χ0n) is 15.9. The Hall–Kier alpha value is -3.31. The van der Waals surface area contributed by atoms with E-state index in [1.54, 1.807) is 24.3 Å². The van der Waals surface area contributed by atoms with Crippen molar-refractivity contribution in [1.82, 2.24) is 5.32 Å². The monoisotopic (exact) mass is 389 g/mol. The summed E-state index contributed by atoms with van der Waals surface area (Å²) in [6.07, 6.45) is -0.173. The van der Waals surface area contributed by atoms with Crippen molar-refractivity contribution in [1.29, 1.82) is 0 Å². The molecule has 0 spiro atoms. The molecule has 0 heterocycles. The number of alkyl carbamates (subject to hydrolysis) is 1. The van der Waals surface area contributed by atoms with Gasteiger partial charge in [-0.05, 0) is 46.4 Å². The normalized spacial score (nSPS) is 13.4. The average Bonchev–Trinajstić information content (AvgIpc) is 3.06. The number of phenolic OH excluding ortho intramolecular Hbond substituents is 1. The molecule has 1 atom stereocenters. The largest absolute Gasteiger partial charge is 0.508 e. The number of aromatic hydroxyl groups is 1. The van der Waals surface area contributed by atoms with Crippen LogP contribution in [0.3, 0.4) is 0 Å². The predicted molar refractivity (Wildman–Crippen MR) is 111 cm³/mol. The van der Waals surface area contributed by atoms with Crippen LogP contribution < -0.4 is 5.32 Å². The van der Waals surface area contributed by atoms with Gasteiger partial charge in [-0.25, -0.2) is 4.79 Å². The first-order valence-corrected chi connectivity index (χ1v) is 9.68. The summed E-state index contributed by atoms with van der Waals surface area (Å²) in [4.78, 5) is 12.5. The molecule has 29 heavy (non-hydrogen) atoms. The number of benzene rings is 3. The Morgan fingerprint density at radius 2 is 1.52 bits per heavy atom.